The highest BCUT2D eigenvalue weighted by molar-refractivity contribution is 5.85. The number of benzene rings is 1. The molecule has 114 valence electrons. The highest BCUT2D eigenvalue weighted by Gasteiger charge is 2.18. The fourth-order valence-corrected chi connectivity index (χ4v) is 1.73. The molecule has 1 rings (SSSR count). The molecule has 0 aliphatic rings. The van der Waals surface area contributed by atoms with Gasteiger partial charge in [0.15, 0.2) is 0 Å². The lowest BCUT2D eigenvalue weighted by atomic mass is 9.99. The largest absolute Gasteiger partial charge is 0.494 e. The SMILES string of the molecule is CCOc1cccc(CNC(=O)C(N)C(C)CC)c1.Cl. The topological polar surface area (TPSA) is 64.3 Å². The molecule has 2 unspecified atom stereocenters. The lowest BCUT2D eigenvalue weighted by Gasteiger charge is -2.17. The Morgan fingerprint density at radius 3 is 2.70 bits per heavy atom. The average molecular weight is 301 g/mol. The van der Waals surface area contributed by atoms with Crippen LogP contribution < -0.4 is 15.8 Å². The molecule has 3 N–H and O–H groups in total. The molecule has 0 radical (unpaired) electrons. The van der Waals surface area contributed by atoms with Gasteiger partial charge in [0.1, 0.15) is 5.75 Å². The number of hydrogen-bond acceptors (Lipinski definition) is 3. The minimum Gasteiger partial charge on any atom is -0.494 e. The van der Waals surface area contributed by atoms with E-state index >= 15 is 0 Å². The van der Waals surface area contributed by atoms with Gasteiger partial charge < -0.3 is 15.8 Å². The molecule has 20 heavy (non-hydrogen) atoms. The maximum Gasteiger partial charge on any atom is 0.237 e. The van der Waals surface area contributed by atoms with Crippen molar-refractivity contribution >= 4 is 18.3 Å². The Hall–Kier alpha value is -1.26. The van der Waals surface area contributed by atoms with Gasteiger partial charge in [-0.25, -0.2) is 0 Å². The first-order valence-electron chi connectivity index (χ1n) is 6.83. The van der Waals surface area contributed by atoms with Crippen LogP contribution in [0, 0.1) is 5.92 Å². The third-order valence-electron chi connectivity index (χ3n) is 3.24. The molecule has 0 aliphatic heterocycles. The van der Waals surface area contributed by atoms with E-state index in [4.69, 9.17) is 10.5 Å². The molecule has 1 aromatic rings. The molecule has 1 aromatic carbocycles. The van der Waals surface area contributed by atoms with Crippen molar-refractivity contribution in [3.8, 4) is 5.75 Å². The summed E-state index contributed by atoms with van der Waals surface area (Å²) >= 11 is 0. The first-order valence-corrected chi connectivity index (χ1v) is 6.83. The van der Waals surface area contributed by atoms with Crippen LogP contribution in [0.2, 0.25) is 0 Å². The summed E-state index contributed by atoms with van der Waals surface area (Å²) in [6.07, 6.45) is 0.897. The van der Waals surface area contributed by atoms with Crippen LogP contribution in [0.3, 0.4) is 0 Å². The number of carbonyl (C=O) groups excluding carboxylic acids is 1. The zero-order chi connectivity index (χ0) is 14.3. The minimum absolute atomic E-state index is 0. The Morgan fingerprint density at radius 2 is 2.10 bits per heavy atom. The van der Waals surface area contributed by atoms with E-state index in [0.717, 1.165) is 17.7 Å². The van der Waals surface area contributed by atoms with Gasteiger partial charge in [-0.05, 0) is 30.5 Å². The number of rotatable bonds is 7. The second kappa shape index (κ2) is 9.61. The molecule has 5 heteroatoms. The molecule has 0 aromatic heterocycles. The van der Waals surface area contributed by atoms with Crippen molar-refractivity contribution in [2.24, 2.45) is 11.7 Å². The molecule has 0 aliphatic carbocycles. The van der Waals surface area contributed by atoms with Gasteiger partial charge >= 0.3 is 0 Å². The standard InChI is InChI=1S/C15H24N2O2.ClH/c1-4-11(3)14(16)15(18)17-10-12-7-6-8-13(9-12)19-5-2;/h6-9,11,14H,4-5,10,16H2,1-3H3,(H,17,18);1H. The smallest absolute Gasteiger partial charge is 0.237 e. The number of ether oxygens (including phenoxy) is 1. The predicted molar refractivity (Wildman–Crippen MR) is 84.1 cm³/mol. The molecule has 0 bridgehead atoms. The second-order valence-corrected chi connectivity index (χ2v) is 4.71. The van der Waals surface area contributed by atoms with Crippen molar-refractivity contribution in [2.45, 2.75) is 39.8 Å². The quantitative estimate of drug-likeness (QED) is 0.813. The van der Waals surface area contributed by atoms with Crippen molar-refractivity contribution in [2.75, 3.05) is 6.61 Å². The predicted octanol–water partition coefficient (Wildman–Crippen LogP) is 2.50. The molecule has 4 nitrogen and oxygen atoms in total. The normalized spacial score (nSPS) is 13.0. The number of nitrogens with two attached hydrogens (primary N) is 1. The fourth-order valence-electron chi connectivity index (χ4n) is 1.73. The molecule has 0 fully saturated rings. The van der Waals surface area contributed by atoms with Gasteiger partial charge in [-0.1, -0.05) is 32.4 Å². The van der Waals surface area contributed by atoms with Gasteiger partial charge in [-0.2, -0.15) is 0 Å². The van der Waals surface area contributed by atoms with Crippen LogP contribution in [0.25, 0.3) is 0 Å². The summed E-state index contributed by atoms with van der Waals surface area (Å²) < 4.78 is 5.42. The lowest BCUT2D eigenvalue weighted by Crippen LogP contribution is -2.44. The third kappa shape index (κ3) is 5.80. The van der Waals surface area contributed by atoms with Crippen molar-refractivity contribution in [3.63, 3.8) is 0 Å². The van der Waals surface area contributed by atoms with E-state index < -0.39 is 6.04 Å². The van der Waals surface area contributed by atoms with Gasteiger partial charge in [-0.15, -0.1) is 12.4 Å². The highest BCUT2D eigenvalue weighted by atomic mass is 35.5. The van der Waals surface area contributed by atoms with Crippen molar-refractivity contribution in [3.05, 3.63) is 29.8 Å². The van der Waals surface area contributed by atoms with Crippen molar-refractivity contribution < 1.29 is 9.53 Å². The summed E-state index contributed by atoms with van der Waals surface area (Å²) in [5, 5.41) is 2.86. The molecule has 2 atom stereocenters. The van der Waals surface area contributed by atoms with Gasteiger partial charge in [0.2, 0.25) is 5.91 Å². The summed E-state index contributed by atoms with van der Waals surface area (Å²) in [7, 11) is 0. The van der Waals surface area contributed by atoms with E-state index in [-0.39, 0.29) is 24.2 Å². The van der Waals surface area contributed by atoms with E-state index in [1.165, 1.54) is 0 Å². The lowest BCUT2D eigenvalue weighted by molar-refractivity contribution is -0.123. The van der Waals surface area contributed by atoms with Crippen LogP contribution in [0.1, 0.15) is 32.8 Å². The molecule has 0 spiro atoms. The Bertz CT molecular complexity index is 413. The van der Waals surface area contributed by atoms with E-state index in [0.29, 0.717) is 13.2 Å². The van der Waals surface area contributed by atoms with E-state index in [2.05, 4.69) is 5.32 Å². The van der Waals surface area contributed by atoms with E-state index in [1.54, 1.807) is 0 Å². The molecule has 0 heterocycles. The Balaban J connectivity index is 0.00000361. The molecule has 0 saturated heterocycles. The summed E-state index contributed by atoms with van der Waals surface area (Å²) in [6, 6.07) is 7.26. The maximum absolute atomic E-state index is 11.9. The molecule has 1 amide bonds. The summed E-state index contributed by atoms with van der Waals surface area (Å²) in [6.45, 7) is 7.07. The number of amides is 1. The number of hydrogen-bond donors (Lipinski definition) is 2. The van der Waals surface area contributed by atoms with Gasteiger partial charge in [0.25, 0.3) is 0 Å². The third-order valence-corrected chi connectivity index (χ3v) is 3.24. The summed E-state index contributed by atoms with van der Waals surface area (Å²) in [5.41, 5.74) is 6.89. The monoisotopic (exact) mass is 300 g/mol. The molecular formula is C15H25ClN2O2. The molecular weight excluding hydrogens is 276 g/mol. The average Bonchev–Trinajstić information content (AvgIpc) is 2.44. The van der Waals surface area contributed by atoms with Crippen LogP contribution in [-0.2, 0) is 11.3 Å². The zero-order valence-electron chi connectivity index (χ0n) is 12.4. The van der Waals surface area contributed by atoms with Crippen molar-refractivity contribution in [1.82, 2.24) is 5.32 Å². The Labute approximate surface area is 127 Å². The van der Waals surface area contributed by atoms with Gasteiger partial charge in [-0.3, -0.25) is 4.79 Å². The van der Waals surface area contributed by atoms with Crippen LogP contribution >= 0.6 is 12.4 Å². The highest BCUT2D eigenvalue weighted by Crippen LogP contribution is 2.13. The second-order valence-electron chi connectivity index (χ2n) is 4.71. The summed E-state index contributed by atoms with van der Waals surface area (Å²) in [4.78, 5) is 11.9. The summed E-state index contributed by atoms with van der Waals surface area (Å²) in [5.74, 6) is 0.909. The maximum atomic E-state index is 11.9. The van der Waals surface area contributed by atoms with Crippen molar-refractivity contribution in [1.29, 1.82) is 0 Å². The fraction of sp³-hybridized carbons (Fsp3) is 0.533. The van der Waals surface area contributed by atoms with Crippen LogP contribution in [-0.4, -0.2) is 18.6 Å². The van der Waals surface area contributed by atoms with Crippen LogP contribution in [0.4, 0.5) is 0 Å². The van der Waals surface area contributed by atoms with Crippen LogP contribution in [0.15, 0.2) is 24.3 Å². The Kier molecular flexibility index (Phi) is 9.01. The van der Waals surface area contributed by atoms with E-state index in [9.17, 15) is 4.79 Å². The minimum atomic E-state index is -0.444. The van der Waals surface area contributed by atoms with Crippen LogP contribution in [0.5, 0.6) is 5.75 Å². The number of carbonyl (C=O) groups is 1. The first-order chi connectivity index (χ1) is 9.08. The number of halogens is 1. The van der Waals surface area contributed by atoms with Gasteiger partial charge in [0, 0.05) is 6.54 Å². The van der Waals surface area contributed by atoms with Gasteiger partial charge in [0.05, 0.1) is 12.6 Å². The zero-order valence-corrected chi connectivity index (χ0v) is 13.2. The van der Waals surface area contributed by atoms with E-state index in [1.807, 2.05) is 45.0 Å². The Morgan fingerprint density at radius 1 is 1.40 bits per heavy atom. The first kappa shape index (κ1) is 18.7. The number of nitrogens with one attached hydrogen (secondary N) is 1. The molecule has 0 saturated carbocycles.